The number of hydrogen-bond donors (Lipinski definition) is 0. The molecule has 0 heterocycles. The molecule has 0 aromatic rings. The fourth-order valence-corrected chi connectivity index (χ4v) is 0. The molecular weight excluding hydrogens is 453 g/mol. The average molecular weight is 457 g/mol. The van der Waals surface area contributed by atoms with Crippen molar-refractivity contribution in [2.24, 2.45) is 0 Å². The Morgan fingerprint density at radius 2 is 1.17 bits per heavy atom. The molecule has 0 aromatic carbocycles. The summed E-state index contributed by atoms with van der Waals surface area (Å²) < 4.78 is 2.55. The van der Waals surface area contributed by atoms with E-state index in [0.717, 1.165) is 0 Å². The van der Waals surface area contributed by atoms with Gasteiger partial charge in [0.15, 0.2) is 0 Å². The molecule has 0 nitrogen and oxygen atoms in total. The van der Waals surface area contributed by atoms with Gasteiger partial charge in [-0.15, -0.1) is 0 Å². The summed E-state index contributed by atoms with van der Waals surface area (Å²) in [6, 6.07) is 0. The van der Waals surface area contributed by atoms with Crippen LogP contribution in [-0.2, 0) is 16.7 Å². The second-order valence-electron chi connectivity index (χ2n) is 0.378. The maximum atomic E-state index is 2.34. The van der Waals surface area contributed by atoms with E-state index in [1.807, 2.05) is 16.7 Å². The van der Waals surface area contributed by atoms with Crippen LogP contribution in [0.4, 0.5) is 0 Å². The van der Waals surface area contributed by atoms with Crippen LogP contribution in [0, 0.1) is 0 Å². The van der Waals surface area contributed by atoms with Crippen molar-refractivity contribution in [2.45, 2.75) is 0 Å². The van der Waals surface area contributed by atoms with Crippen LogP contribution in [0.15, 0.2) is 0 Å². The molecule has 0 aliphatic heterocycles. The van der Waals surface area contributed by atoms with Crippen LogP contribution in [0.3, 0.4) is 0 Å². The molecule has 0 N–H and O–H groups in total. The topological polar surface area (TPSA) is 0 Å². The second kappa shape index (κ2) is 15.7. The van der Waals surface area contributed by atoms with Crippen LogP contribution >= 0.6 is 64.4 Å². The van der Waals surface area contributed by atoms with Crippen molar-refractivity contribution in [1.29, 1.82) is 0 Å². The van der Waals surface area contributed by atoms with Gasteiger partial charge in [0, 0.05) is 8.86 Å². The Kier molecular flexibility index (Phi) is 30.5. The number of alkyl halides is 2. The first-order valence-electron chi connectivity index (χ1n) is 1.22. The Labute approximate surface area is 88.0 Å². The molecule has 0 aromatic heterocycles. The molecule has 0 aliphatic carbocycles. The van der Waals surface area contributed by atoms with E-state index >= 15 is 0 Å². The van der Waals surface area contributed by atoms with Crippen molar-refractivity contribution in [3.63, 3.8) is 0 Å². The summed E-state index contributed by atoms with van der Waals surface area (Å²) in [6.45, 7) is 0. The molecule has 0 spiro atoms. The summed E-state index contributed by atoms with van der Waals surface area (Å²) in [5.74, 6) is 0. The monoisotopic (exact) mass is 457 g/mol. The van der Waals surface area contributed by atoms with E-state index in [1.54, 1.807) is 0 Å². The molecule has 0 amide bonds. The predicted octanol–water partition coefficient (Wildman–Crippen LogP) is 2.74. The van der Waals surface area contributed by atoms with Gasteiger partial charge in [-0.3, -0.25) is 0 Å². The Morgan fingerprint density at radius 1 is 1.00 bits per heavy atom. The minimum absolute atomic E-state index is 1.28. The number of hydrogen-bond acceptors (Lipinski definition) is 0. The molecule has 4 heteroatoms. The molecule has 0 atom stereocenters. The van der Waals surface area contributed by atoms with E-state index in [0.29, 0.717) is 0 Å². The quantitative estimate of drug-likeness (QED) is 0.323. The molecule has 37 valence electrons. The molecule has 6 heavy (non-hydrogen) atoms. The Morgan fingerprint density at radius 3 is 1.17 bits per heavy atom. The van der Waals surface area contributed by atoms with Crippen LogP contribution in [0.2, 0.25) is 0 Å². The van der Waals surface area contributed by atoms with Gasteiger partial charge in [-0.25, -0.2) is 0 Å². The van der Waals surface area contributed by atoms with Crippen molar-refractivity contribution in [3.8, 4) is 0 Å². The third kappa shape index (κ3) is 15.8. The molecule has 0 unspecified atom stereocenters. The number of halogens is 3. The first-order valence-corrected chi connectivity index (χ1v) is 9.31. The van der Waals surface area contributed by atoms with Gasteiger partial charge in [0.05, 0.1) is 0 Å². The molecule has 0 saturated heterocycles. The Bertz CT molecular complexity index is 10.8. The van der Waals surface area contributed by atoms with Crippen LogP contribution in [0.5, 0.6) is 0 Å². The fraction of sp³-hybridized carbons (Fsp3) is 1.00. The van der Waals surface area contributed by atoms with Gasteiger partial charge < -0.3 is 0 Å². The van der Waals surface area contributed by atoms with E-state index in [-0.39, 0.29) is 0 Å². The van der Waals surface area contributed by atoms with Crippen LogP contribution in [0.25, 0.3) is 0 Å². The zero-order chi connectivity index (χ0) is 5.41. The zero-order valence-electron chi connectivity index (χ0n) is 3.05. The second-order valence-corrected chi connectivity index (χ2v) is 2.54. The van der Waals surface area contributed by atoms with Gasteiger partial charge >= 0.3 is 35.9 Å². The van der Waals surface area contributed by atoms with E-state index in [4.69, 9.17) is 0 Å². The summed E-state index contributed by atoms with van der Waals surface area (Å²) in [5, 5.41) is 0. The van der Waals surface area contributed by atoms with Gasteiger partial charge in [0.25, 0.3) is 0 Å². The molecule has 0 radical (unpaired) electrons. The number of rotatable bonds is 1. The first-order chi connectivity index (χ1) is 2.91. The van der Waals surface area contributed by atoms with E-state index < -0.39 is 0 Å². The van der Waals surface area contributed by atoms with Gasteiger partial charge in [0.1, 0.15) is 0 Å². The van der Waals surface area contributed by atoms with Crippen molar-refractivity contribution >= 4 is 64.4 Å². The fourth-order valence-electron chi connectivity index (χ4n) is 0. The molecule has 0 aliphatic rings. The molecule has 0 bridgehead atoms. The Balaban J connectivity index is 0. The standard InChI is InChI=1S/C2H4I2.HI.Ti/c3-1-2-4;;/h1-2H2;1H;/q;;+1/p-1. The molecule has 0 rings (SSSR count). The van der Waals surface area contributed by atoms with Crippen molar-refractivity contribution in [2.75, 3.05) is 8.86 Å². The summed E-state index contributed by atoms with van der Waals surface area (Å²) in [6.07, 6.45) is 0. The summed E-state index contributed by atoms with van der Waals surface area (Å²) in [5.41, 5.74) is 0. The van der Waals surface area contributed by atoms with E-state index in [9.17, 15) is 0 Å². The first kappa shape index (κ1) is 11.7. The third-order valence-electron chi connectivity index (χ3n) is 0.0714. The third-order valence-corrected chi connectivity index (χ3v) is 3.21. The summed E-state index contributed by atoms with van der Waals surface area (Å²) in [4.78, 5) is 0. The normalized spacial score (nSPS) is 5.67. The maximum absolute atomic E-state index is 2.34. The summed E-state index contributed by atoms with van der Waals surface area (Å²) >= 11 is 8.81. The minimum atomic E-state index is 1.28. The van der Waals surface area contributed by atoms with Crippen molar-refractivity contribution in [3.05, 3.63) is 0 Å². The van der Waals surface area contributed by atoms with E-state index in [2.05, 4.69) is 64.4 Å². The predicted molar refractivity (Wildman–Crippen MR) is 51.8 cm³/mol. The van der Waals surface area contributed by atoms with Gasteiger partial charge in [0.2, 0.25) is 0 Å². The SMILES string of the molecule is ICCI.[Ti][I]. The molecule has 0 saturated carbocycles. The Hall–Kier alpha value is 2.90. The summed E-state index contributed by atoms with van der Waals surface area (Å²) in [7, 11) is 0. The van der Waals surface area contributed by atoms with Crippen LogP contribution in [0.1, 0.15) is 0 Å². The van der Waals surface area contributed by atoms with Crippen molar-refractivity contribution < 1.29 is 16.7 Å². The van der Waals surface area contributed by atoms with Crippen LogP contribution in [-0.4, -0.2) is 8.86 Å². The van der Waals surface area contributed by atoms with E-state index in [1.165, 1.54) is 8.86 Å². The zero-order valence-corrected chi connectivity index (χ0v) is 11.1. The average Bonchev–Trinajstić information content (AvgIpc) is 1.72. The molecule has 0 fully saturated rings. The van der Waals surface area contributed by atoms with Crippen LogP contribution < -0.4 is 0 Å². The van der Waals surface area contributed by atoms with Crippen molar-refractivity contribution in [1.82, 2.24) is 0 Å². The van der Waals surface area contributed by atoms with Gasteiger partial charge in [-0.1, -0.05) is 45.2 Å². The van der Waals surface area contributed by atoms with Gasteiger partial charge in [-0.2, -0.15) is 0 Å². The molecular formula is C2H4I3Ti. The van der Waals surface area contributed by atoms with Gasteiger partial charge in [-0.05, 0) is 0 Å².